The van der Waals surface area contributed by atoms with Crippen LogP contribution in [0.15, 0.2) is 33.2 Å². The molecule has 5 nitrogen and oxygen atoms in total. The van der Waals surface area contributed by atoms with Gasteiger partial charge in [0.15, 0.2) is 10.6 Å². The van der Waals surface area contributed by atoms with Crippen molar-refractivity contribution in [2.24, 2.45) is 7.05 Å². The van der Waals surface area contributed by atoms with E-state index in [1.54, 1.807) is 24.0 Å². The third-order valence-corrected chi connectivity index (χ3v) is 3.39. The average Bonchev–Trinajstić information content (AvgIpc) is 2.67. The molecule has 0 spiro atoms. The number of rotatable bonds is 2. The second-order valence-corrected chi connectivity index (χ2v) is 5.72. The van der Waals surface area contributed by atoms with E-state index in [-0.39, 0.29) is 11.0 Å². The van der Waals surface area contributed by atoms with Crippen LogP contribution in [-0.4, -0.2) is 15.5 Å². The van der Waals surface area contributed by atoms with Gasteiger partial charge < -0.3 is 4.57 Å². The van der Waals surface area contributed by atoms with Gasteiger partial charge in [-0.15, -0.1) is 0 Å². The minimum Gasteiger partial charge on any atom is -0.356 e. The summed E-state index contributed by atoms with van der Waals surface area (Å²) < 4.78 is 2.46. The fraction of sp³-hybridized carbons (Fsp3) is 0.100. The van der Waals surface area contributed by atoms with Crippen molar-refractivity contribution in [3.05, 3.63) is 44.2 Å². The van der Waals surface area contributed by atoms with Crippen LogP contribution in [0.5, 0.6) is 0 Å². The lowest BCUT2D eigenvalue weighted by Gasteiger charge is -2.02. The van der Waals surface area contributed by atoms with Crippen LogP contribution >= 0.6 is 27.3 Å². The van der Waals surface area contributed by atoms with Crippen LogP contribution in [0, 0.1) is 0 Å². The van der Waals surface area contributed by atoms with Crippen LogP contribution in [0.3, 0.4) is 0 Å². The van der Waals surface area contributed by atoms with Crippen molar-refractivity contribution in [3.63, 3.8) is 0 Å². The number of aryl methyl sites for hydroxylation is 1. The topological polar surface area (TPSA) is 64.0 Å². The smallest absolute Gasteiger partial charge is 0.262 e. The number of carbonyl (C=O) groups is 1. The Labute approximate surface area is 109 Å². The molecule has 0 atom stereocenters. The number of pyridine rings is 1. The maximum atomic E-state index is 11.8. The van der Waals surface area contributed by atoms with Gasteiger partial charge in [-0.1, -0.05) is 11.3 Å². The largest absolute Gasteiger partial charge is 0.356 e. The van der Waals surface area contributed by atoms with Crippen LogP contribution in [0.1, 0.15) is 10.4 Å². The number of thiazole rings is 1. The zero-order chi connectivity index (χ0) is 12.4. The van der Waals surface area contributed by atoms with Crippen LogP contribution in [0.2, 0.25) is 0 Å². The van der Waals surface area contributed by atoms with Gasteiger partial charge in [0.2, 0.25) is 0 Å². The second kappa shape index (κ2) is 4.80. The molecular formula is C10H8BrN3O2S. The summed E-state index contributed by atoms with van der Waals surface area (Å²) in [7, 11) is 1.75. The molecule has 0 fully saturated rings. The lowest BCUT2D eigenvalue weighted by molar-refractivity contribution is 0.102. The first-order valence-corrected chi connectivity index (χ1v) is 6.26. The minimum atomic E-state index is -0.451. The summed E-state index contributed by atoms with van der Waals surface area (Å²) in [5, 5.41) is 3.02. The molecule has 1 N–H and O–H groups in total. The van der Waals surface area contributed by atoms with E-state index in [1.807, 2.05) is 0 Å². The van der Waals surface area contributed by atoms with Crippen LogP contribution in [0.4, 0.5) is 5.13 Å². The zero-order valence-corrected chi connectivity index (χ0v) is 11.2. The molecule has 0 aliphatic rings. The lowest BCUT2D eigenvalue weighted by atomic mass is 10.2. The monoisotopic (exact) mass is 313 g/mol. The average molecular weight is 314 g/mol. The fourth-order valence-electron chi connectivity index (χ4n) is 1.23. The van der Waals surface area contributed by atoms with Crippen molar-refractivity contribution in [3.8, 4) is 0 Å². The van der Waals surface area contributed by atoms with Crippen molar-refractivity contribution in [2.45, 2.75) is 0 Å². The standard InChI is InChI=1S/C10H8BrN3O2S/c1-14-3-2-7(15)6(5-14)9(16)13-10-12-4-8(11)17-10/h2-5H,1H3,(H,12,13,16). The number of carbonyl (C=O) groups excluding carboxylic acids is 1. The summed E-state index contributed by atoms with van der Waals surface area (Å²) in [6.45, 7) is 0. The van der Waals surface area contributed by atoms with E-state index in [0.29, 0.717) is 5.13 Å². The lowest BCUT2D eigenvalue weighted by Crippen LogP contribution is -2.21. The van der Waals surface area contributed by atoms with Crippen LogP contribution in [-0.2, 0) is 7.05 Å². The zero-order valence-electron chi connectivity index (χ0n) is 8.81. The van der Waals surface area contributed by atoms with Gasteiger partial charge >= 0.3 is 0 Å². The Balaban J connectivity index is 2.26. The normalized spacial score (nSPS) is 10.2. The van der Waals surface area contributed by atoms with Crippen molar-refractivity contribution in [1.29, 1.82) is 0 Å². The Morgan fingerprint density at radius 1 is 1.59 bits per heavy atom. The summed E-state index contributed by atoms with van der Waals surface area (Å²) in [5.74, 6) is -0.451. The van der Waals surface area contributed by atoms with Gasteiger partial charge in [-0.3, -0.25) is 14.9 Å². The number of aromatic nitrogens is 2. The van der Waals surface area contributed by atoms with Crippen molar-refractivity contribution >= 4 is 38.3 Å². The molecule has 0 radical (unpaired) electrons. The Morgan fingerprint density at radius 3 is 3.00 bits per heavy atom. The van der Waals surface area contributed by atoms with Crippen LogP contribution in [0.25, 0.3) is 0 Å². The number of nitrogens with one attached hydrogen (secondary N) is 1. The predicted molar refractivity (Wildman–Crippen MR) is 69.5 cm³/mol. The van der Waals surface area contributed by atoms with Crippen LogP contribution < -0.4 is 10.7 Å². The first kappa shape index (κ1) is 12.0. The van der Waals surface area contributed by atoms with E-state index in [2.05, 4.69) is 26.2 Å². The summed E-state index contributed by atoms with van der Waals surface area (Å²) in [5.41, 5.74) is -0.211. The molecule has 2 rings (SSSR count). The van der Waals surface area contributed by atoms with Gasteiger partial charge in [-0.25, -0.2) is 4.98 Å². The van der Waals surface area contributed by atoms with E-state index in [1.165, 1.54) is 23.6 Å². The maximum absolute atomic E-state index is 11.8. The summed E-state index contributed by atoms with van der Waals surface area (Å²) in [6.07, 6.45) is 4.67. The molecule has 7 heteroatoms. The number of amides is 1. The molecule has 0 bridgehead atoms. The maximum Gasteiger partial charge on any atom is 0.262 e. The number of nitrogens with zero attached hydrogens (tertiary/aromatic N) is 2. The van der Waals surface area contributed by atoms with Gasteiger partial charge in [0.05, 0.1) is 9.98 Å². The Bertz CT molecular complexity index is 620. The fourth-order valence-corrected chi connectivity index (χ4v) is 2.33. The molecular weight excluding hydrogens is 306 g/mol. The van der Waals surface area contributed by atoms with Crippen molar-refractivity contribution in [1.82, 2.24) is 9.55 Å². The van der Waals surface area contributed by atoms with Gasteiger partial charge in [0, 0.05) is 25.5 Å². The molecule has 0 aliphatic heterocycles. The van der Waals surface area contributed by atoms with Gasteiger partial charge in [-0.2, -0.15) is 0 Å². The molecule has 0 saturated heterocycles. The molecule has 1 amide bonds. The summed E-state index contributed by atoms with van der Waals surface area (Å²) in [6, 6.07) is 1.35. The molecule has 0 saturated carbocycles. The van der Waals surface area contributed by atoms with E-state index in [4.69, 9.17) is 0 Å². The third kappa shape index (κ3) is 2.80. The first-order chi connectivity index (χ1) is 8.06. The summed E-state index contributed by atoms with van der Waals surface area (Å²) in [4.78, 5) is 27.3. The number of halogens is 1. The van der Waals surface area contributed by atoms with Crippen molar-refractivity contribution < 1.29 is 4.79 Å². The highest BCUT2D eigenvalue weighted by Crippen LogP contribution is 2.23. The highest BCUT2D eigenvalue weighted by Gasteiger charge is 2.12. The molecule has 2 aromatic rings. The molecule has 2 aromatic heterocycles. The molecule has 17 heavy (non-hydrogen) atoms. The van der Waals surface area contributed by atoms with Crippen molar-refractivity contribution in [2.75, 3.05) is 5.32 Å². The number of hydrogen-bond donors (Lipinski definition) is 1. The first-order valence-electron chi connectivity index (χ1n) is 4.65. The quantitative estimate of drug-likeness (QED) is 0.920. The predicted octanol–water partition coefficient (Wildman–Crippen LogP) is 1.86. The second-order valence-electron chi connectivity index (χ2n) is 3.31. The summed E-state index contributed by atoms with van der Waals surface area (Å²) >= 11 is 4.53. The van der Waals surface area contributed by atoms with Gasteiger partial charge in [-0.05, 0) is 15.9 Å². The SMILES string of the molecule is Cn1ccc(=O)c(C(=O)Nc2ncc(Br)s2)c1. The third-order valence-electron chi connectivity index (χ3n) is 2.00. The molecule has 0 aliphatic carbocycles. The highest BCUT2D eigenvalue weighted by atomic mass is 79.9. The van der Waals surface area contributed by atoms with E-state index in [9.17, 15) is 9.59 Å². The Hall–Kier alpha value is -1.47. The Kier molecular flexibility index (Phi) is 3.39. The molecule has 0 aromatic carbocycles. The minimum absolute atomic E-state index is 0.0984. The van der Waals surface area contributed by atoms with Gasteiger partial charge in [0.25, 0.3) is 5.91 Å². The Morgan fingerprint density at radius 2 is 2.35 bits per heavy atom. The molecule has 88 valence electrons. The molecule has 0 unspecified atom stereocenters. The number of anilines is 1. The highest BCUT2D eigenvalue weighted by molar-refractivity contribution is 9.11. The molecule has 2 heterocycles. The van der Waals surface area contributed by atoms with E-state index in [0.717, 1.165) is 3.79 Å². The number of hydrogen-bond acceptors (Lipinski definition) is 4. The van der Waals surface area contributed by atoms with Gasteiger partial charge in [0.1, 0.15) is 5.56 Å². The van der Waals surface area contributed by atoms with E-state index < -0.39 is 5.91 Å². The van der Waals surface area contributed by atoms with E-state index >= 15 is 0 Å².